The van der Waals surface area contributed by atoms with Gasteiger partial charge in [-0.3, -0.25) is 14.4 Å². The highest BCUT2D eigenvalue weighted by Crippen LogP contribution is 2.48. The summed E-state index contributed by atoms with van der Waals surface area (Å²) in [7, 11) is 0. The quantitative estimate of drug-likeness (QED) is 0.0709. The van der Waals surface area contributed by atoms with Crippen LogP contribution in [-0.4, -0.2) is 63.3 Å². The topological polar surface area (TPSA) is 110 Å². The number of carbonyl (C=O) groups excluding carboxylic acids is 4. The predicted molar refractivity (Wildman–Crippen MR) is 201 cm³/mol. The summed E-state index contributed by atoms with van der Waals surface area (Å²) in [5, 5.41) is 0. The fraction of sp³-hybridized carbons (Fsp3) is 0.700. The molecule has 0 radical (unpaired) electrons. The Morgan fingerprint density at radius 1 is 1.06 bits per heavy atom. The molecule has 1 saturated heterocycles. The van der Waals surface area contributed by atoms with Gasteiger partial charge in [-0.1, -0.05) is 75.1 Å². The standard InChI is InChI=1S/C40H55NO8S2/c1-8-40(18-12-13-19-40)49-35(44)37(4,25-38(5,41-7)20-16-32(42)47-24-30-23-27(2)22-28(30)3)26-39(6,36(45)48-31-17-21-46-33(31)43)51-34(50)29-14-10-9-11-15-29/h9-11,14-15,27-28,30-31H,8,12-13,16-26H2,1-6H3. The normalized spacial score (nSPS) is 26.1. The van der Waals surface area contributed by atoms with Gasteiger partial charge in [-0.05, 0) is 88.5 Å². The van der Waals surface area contributed by atoms with Crippen LogP contribution in [0.2, 0.25) is 0 Å². The van der Waals surface area contributed by atoms with E-state index in [0.717, 1.165) is 55.9 Å². The predicted octanol–water partition coefficient (Wildman–Crippen LogP) is 8.45. The SMILES string of the molecule is [C-]#[N+]C(C)(CCC(=O)OCC1CC(C)CC1C)CC(C)(CC(C)(SC(=S)c1ccccc1)C(=O)OC1CCOC1=O)C(=O)OC1(CC)CCCC1. The largest absolute Gasteiger partial charge is 0.465 e. The molecule has 0 aromatic heterocycles. The smallest absolute Gasteiger partial charge is 0.347 e. The van der Waals surface area contributed by atoms with Crippen molar-refractivity contribution >= 4 is 52.1 Å². The van der Waals surface area contributed by atoms with Crippen LogP contribution in [0.4, 0.5) is 0 Å². The van der Waals surface area contributed by atoms with E-state index in [9.17, 15) is 19.2 Å². The Morgan fingerprint density at radius 2 is 1.75 bits per heavy atom. The number of thioether (sulfide) groups is 1. The third-order valence-corrected chi connectivity index (χ3v) is 12.9. The van der Waals surface area contributed by atoms with Gasteiger partial charge in [-0.15, -0.1) is 0 Å². The Hall–Kier alpha value is -2.97. The molecule has 0 N–H and O–H groups in total. The number of cyclic esters (lactones) is 1. The number of benzene rings is 1. The third-order valence-electron chi connectivity index (χ3n) is 11.2. The van der Waals surface area contributed by atoms with Crippen LogP contribution >= 0.6 is 24.0 Å². The van der Waals surface area contributed by atoms with Crippen molar-refractivity contribution in [1.29, 1.82) is 0 Å². The molecule has 1 heterocycles. The van der Waals surface area contributed by atoms with Crippen LogP contribution < -0.4 is 0 Å². The van der Waals surface area contributed by atoms with Crippen molar-refractivity contribution in [1.82, 2.24) is 0 Å². The zero-order valence-electron chi connectivity index (χ0n) is 31.1. The molecule has 2 aliphatic carbocycles. The number of nitrogens with zero attached hydrogens (tertiary/aromatic N) is 1. The molecule has 0 bridgehead atoms. The third kappa shape index (κ3) is 10.6. The summed E-state index contributed by atoms with van der Waals surface area (Å²) in [6, 6.07) is 9.25. The Labute approximate surface area is 313 Å². The van der Waals surface area contributed by atoms with Crippen LogP contribution in [0.3, 0.4) is 0 Å². The van der Waals surface area contributed by atoms with Crippen molar-refractivity contribution in [3.8, 4) is 0 Å². The van der Waals surface area contributed by atoms with Crippen LogP contribution in [0.15, 0.2) is 30.3 Å². The second-order valence-electron chi connectivity index (χ2n) is 16.0. The number of carbonyl (C=O) groups is 4. The van der Waals surface area contributed by atoms with Gasteiger partial charge in [0.2, 0.25) is 11.6 Å². The van der Waals surface area contributed by atoms with Crippen LogP contribution in [0.5, 0.6) is 0 Å². The Kier molecular flexibility index (Phi) is 13.8. The molecule has 0 amide bonds. The first-order valence-corrected chi connectivity index (χ1v) is 19.7. The highest BCUT2D eigenvalue weighted by molar-refractivity contribution is 8.25. The zero-order valence-corrected chi connectivity index (χ0v) is 32.8. The van der Waals surface area contributed by atoms with Gasteiger partial charge in [0.25, 0.3) is 0 Å². The van der Waals surface area contributed by atoms with Gasteiger partial charge in [-0.2, -0.15) is 0 Å². The molecule has 9 nitrogen and oxygen atoms in total. The fourth-order valence-electron chi connectivity index (χ4n) is 8.22. The molecule has 51 heavy (non-hydrogen) atoms. The zero-order chi connectivity index (χ0) is 37.5. The van der Waals surface area contributed by atoms with Crippen molar-refractivity contribution in [3.63, 3.8) is 0 Å². The van der Waals surface area contributed by atoms with E-state index in [-0.39, 0.29) is 44.7 Å². The first-order chi connectivity index (χ1) is 24.0. The highest BCUT2D eigenvalue weighted by Gasteiger charge is 2.54. The van der Waals surface area contributed by atoms with Crippen molar-refractivity contribution in [2.75, 3.05) is 13.2 Å². The molecule has 7 atom stereocenters. The van der Waals surface area contributed by atoms with Gasteiger partial charge in [0.15, 0.2) is 0 Å². The van der Waals surface area contributed by atoms with Crippen LogP contribution in [-0.2, 0) is 38.1 Å². The highest BCUT2D eigenvalue weighted by atomic mass is 32.2. The summed E-state index contributed by atoms with van der Waals surface area (Å²) >= 11 is 6.93. The van der Waals surface area contributed by atoms with Gasteiger partial charge in [0, 0.05) is 26.2 Å². The van der Waals surface area contributed by atoms with E-state index in [1.54, 1.807) is 20.8 Å². The van der Waals surface area contributed by atoms with Gasteiger partial charge in [-0.25, -0.2) is 11.4 Å². The minimum absolute atomic E-state index is 0.0135. The first-order valence-electron chi connectivity index (χ1n) is 18.5. The molecular weight excluding hydrogens is 687 g/mol. The monoisotopic (exact) mass is 741 g/mol. The van der Waals surface area contributed by atoms with Gasteiger partial charge in [0.1, 0.15) is 10.3 Å². The van der Waals surface area contributed by atoms with Crippen LogP contribution in [0.25, 0.3) is 4.85 Å². The van der Waals surface area contributed by atoms with Crippen molar-refractivity contribution in [2.45, 2.75) is 141 Å². The Balaban J connectivity index is 1.62. The lowest BCUT2D eigenvalue weighted by atomic mass is 9.71. The molecule has 3 aliphatic rings. The second kappa shape index (κ2) is 17.2. The van der Waals surface area contributed by atoms with Crippen LogP contribution in [0, 0.1) is 29.7 Å². The fourth-order valence-corrected chi connectivity index (χ4v) is 10.1. The summed E-state index contributed by atoms with van der Waals surface area (Å²) in [6.07, 6.45) is 5.46. The second-order valence-corrected chi connectivity index (χ2v) is 18.2. The minimum atomic E-state index is -1.46. The van der Waals surface area contributed by atoms with E-state index >= 15 is 0 Å². The lowest BCUT2D eigenvalue weighted by molar-refractivity contribution is -0.175. The molecule has 0 spiro atoms. The molecule has 280 valence electrons. The van der Waals surface area contributed by atoms with Crippen LogP contribution in [0.1, 0.15) is 124 Å². The molecule has 1 aromatic rings. The Morgan fingerprint density at radius 3 is 2.31 bits per heavy atom. The maximum absolute atomic E-state index is 14.6. The first kappa shape index (κ1) is 40.8. The average Bonchev–Trinajstić information content (AvgIpc) is 3.82. The van der Waals surface area contributed by atoms with E-state index in [4.69, 9.17) is 37.7 Å². The van der Waals surface area contributed by atoms with Gasteiger partial charge < -0.3 is 23.8 Å². The maximum atomic E-state index is 14.6. The number of hydrogen-bond acceptors (Lipinski definition) is 10. The summed E-state index contributed by atoms with van der Waals surface area (Å²) in [5.41, 5.74) is -2.44. The molecule has 4 rings (SSSR count). The maximum Gasteiger partial charge on any atom is 0.347 e. The average molecular weight is 742 g/mol. The lowest BCUT2D eigenvalue weighted by Crippen LogP contribution is -2.49. The number of ether oxygens (including phenoxy) is 4. The lowest BCUT2D eigenvalue weighted by Gasteiger charge is -2.40. The summed E-state index contributed by atoms with van der Waals surface area (Å²) < 4.78 is 21.9. The molecule has 3 fully saturated rings. The van der Waals surface area contributed by atoms with Crippen molar-refractivity contribution in [3.05, 3.63) is 47.3 Å². The van der Waals surface area contributed by atoms with Gasteiger partial charge >= 0.3 is 23.9 Å². The minimum Gasteiger partial charge on any atom is -0.465 e. The molecule has 7 unspecified atom stereocenters. The Bertz CT molecular complexity index is 1470. The van der Waals surface area contributed by atoms with E-state index < -0.39 is 45.3 Å². The number of rotatable bonds is 16. The van der Waals surface area contributed by atoms with E-state index in [1.165, 1.54) is 0 Å². The van der Waals surface area contributed by atoms with Gasteiger partial charge in [0.05, 0.1) is 29.2 Å². The summed E-state index contributed by atoms with van der Waals surface area (Å²) in [5.74, 6) is -0.748. The molecule has 11 heteroatoms. The summed E-state index contributed by atoms with van der Waals surface area (Å²) in [6.45, 7) is 20.4. The number of thiocarbonyl (C=S) groups is 1. The van der Waals surface area contributed by atoms with E-state index in [1.807, 2.05) is 37.3 Å². The number of hydrogen-bond donors (Lipinski definition) is 0. The molecule has 2 saturated carbocycles. The summed E-state index contributed by atoms with van der Waals surface area (Å²) in [4.78, 5) is 58.1. The van der Waals surface area contributed by atoms with Crippen molar-refractivity contribution in [2.24, 2.45) is 23.2 Å². The van der Waals surface area contributed by atoms with E-state index in [2.05, 4.69) is 18.7 Å². The molecular formula is C40H55NO8S2. The number of esters is 4. The van der Waals surface area contributed by atoms with Crippen molar-refractivity contribution < 1.29 is 38.1 Å². The molecule has 1 aliphatic heterocycles. The molecule has 1 aromatic carbocycles. The van der Waals surface area contributed by atoms with E-state index in [0.29, 0.717) is 35.0 Å².